The van der Waals surface area contributed by atoms with Gasteiger partial charge in [0, 0.05) is 25.4 Å². The fraction of sp³-hybridized carbons (Fsp3) is 0.696. The van der Waals surface area contributed by atoms with Gasteiger partial charge in [-0.3, -0.25) is 9.89 Å². The molecule has 1 aromatic rings. The van der Waals surface area contributed by atoms with E-state index in [1.165, 1.54) is 45.0 Å². The highest BCUT2D eigenvalue weighted by molar-refractivity contribution is 14.0. The molecular formula is C23H41IN4O2S. The number of nitrogens with one attached hydrogen (secondary N) is 2. The highest BCUT2D eigenvalue weighted by atomic mass is 127. The molecule has 178 valence electrons. The van der Waals surface area contributed by atoms with Crippen molar-refractivity contribution in [3.8, 4) is 0 Å². The van der Waals surface area contributed by atoms with Gasteiger partial charge in [0.1, 0.15) is 0 Å². The van der Waals surface area contributed by atoms with Gasteiger partial charge >= 0.3 is 0 Å². The van der Waals surface area contributed by atoms with Crippen LogP contribution in [0.5, 0.6) is 0 Å². The maximum Gasteiger partial charge on any atom is 0.191 e. The lowest BCUT2D eigenvalue weighted by Gasteiger charge is -2.32. The standard InChI is InChI=1S/C23H40N4O2S.HI/c1-5-20(6-2)22(27-16-8-9-17-27)18-26-23(24-7-3)25-15-14-19-10-12-21(13-11-19)30(4,28)29;/h10-13,20,22H,5-9,14-18H2,1-4H3,(H2,24,25,26);1H. The van der Waals surface area contributed by atoms with Crippen molar-refractivity contribution in [3.05, 3.63) is 29.8 Å². The van der Waals surface area contributed by atoms with E-state index in [1.54, 1.807) is 12.1 Å². The maximum atomic E-state index is 11.6. The highest BCUT2D eigenvalue weighted by Gasteiger charge is 2.27. The Kier molecular flexibility index (Phi) is 13.0. The van der Waals surface area contributed by atoms with Crippen LogP contribution >= 0.6 is 24.0 Å². The van der Waals surface area contributed by atoms with E-state index in [0.29, 0.717) is 16.9 Å². The Balaban J connectivity index is 0.00000480. The Bertz CT molecular complexity index is 756. The minimum absolute atomic E-state index is 0. The van der Waals surface area contributed by atoms with E-state index in [1.807, 2.05) is 12.1 Å². The smallest absolute Gasteiger partial charge is 0.191 e. The fourth-order valence-corrected chi connectivity index (χ4v) is 4.85. The highest BCUT2D eigenvalue weighted by Crippen LogP contribution is 2.23. The van der Waals surface area contributed by atoms with E-state index >= 15 is 0 Å². The predicted molar refractivity (Wildman–Crippen MR) is 141 cm³/mol. The van der Waals surface area contributed by atoms with Gasteiger partial charge in [-0.05, 0) is 62.9 Å². The van der Waals surface area contributed by atoms with E-state index in [-0.39, 0.29) is 24.0 Å². The van der Waals surface area contributed by atoms with E-state index in [2.05, 4.69) is 36.3 Å². The molecule has 0 aliphatic carbocycles. The van der Waals surface area contributed by atoms with E-state index < -0.39 is 9.84 Å². The number of nitrogens with zero attached hydrogens (tertiary/aromatic N) is 2. The molecule has 1 saturated heterocycles. The molecule has 0 radical (unpaired) electrons. The first-order valence-electron chi connectivity index (χ1n) is 11.4. The molecule has 1 atom stereocenters. The van der Waals surface area contributed by atoms with Crippen LogP contribution in [0.15, 0.2) is 34.2 Å². The lowest BCUT2D eigenvalue weighted by molar-refractivity contribution is 0.172. The van der Waals surface area contributed by atoms with E-state index in [4.69, 9.17) is 4.99 Å². The first kappa shape index (κ1) is 28.2. The summed E-state index contributed by atoms with van der Waals surface area (Å²) >= 11 is 0. The van der Waals surface area contributed by atoms with Crippen LogP contribution in [-0.4, -0.2) is 64.3 Å². The molecule has 1 aliphatic heterocycles. The summed E-state index contributed by atoms with van der Waals surface area (Å²) < 4.78 is 23.2. The fourth-order valence-electron chi connectivity index (χ4n) is 4.22. The zero-order valence-electron chi connectivity index (χ0n) is 19.6. The van der Waals surface area contributed by atoms with Crippen molar-refractivity contribution >= 4 is 39.8 Å². The number of hydrogen-bond donors (Lipinski definition) is 2. The lowest BCUT2D eigenvalue weighted by Crippen LogP contribution is -2.43. The SMILES string of the molecule is CCNC(=NCC(C(CC)CC)N1CCCC1)NCCc1ccc(S(C)(=O)=O)cc1.I. The second-order valence-electron chi connectivity index (χ2n) is 8.20. The molecule has 1 aromatic carbocycles. The van der Waals surface area contributed by atoms with Crippen molar-refractivity contribution in [2.75, 3.05) is 39.0 Å². The summed E-state index contributed by atoms with van der Waals surface area (Å²) in [5.41, 5.74) is 1.11. The van der Waals surface area contributed by atoms with Crippen LogP contribution in [-0.2, 0) is 16.3 Å². The summed E-state index contributed by atoms with van der Waals surface area (Å²) in [5, 5.41) is 6.80. The number of benzene rings is 1. The molecule has 31 heavy (non-hydrogen) atoms. The van der Waals surface area contributed by atoms with Crippen molar-refractivity contribution in [3.63, 3.8) is 0 Å². The Hall–Kier alpha value is -0.870. The number of halogens is 1. The second kappa shape index (κ2) is 14.3. The Morgan fingerprint density at radius 3 is 2.19 bits per heavy atom. The molecule has 2 N–H and O–H groups in total. The molecule has 0 aromatic heterocycles. The predicted octanol–water partition coefficient (Wildman–Crippen LogP) is 3.71. The zero-order chi connectivity index (χ0) is 22.0. The largest absolute Gasteiger partial charge is 0.357 e. The normalized spacial score (nSPS) is 16.2. The van der Waals surface area contributed by atoms with Crippen molar-refractivity contribution in [1.82, 2.24) is 15.5 Å². The lowest BCUT2D eigenvalue weighted by atomic mass is 9.93. The minimum Gasteiger partial charge on any atom is -0.357 e. The molecule has 1 fully saturated rings. The van der Waals surface area contributed by atoms with Crippen molar-refractivity contribution in [2.45, 2.75) is 63.8 Å². The van der Waals surface area contributed by atoms with Gasteiger partial charge in [0.05, 0.1) is 11.4 Å². The summed E-state index contributed by atoms with van der Waals surface area (Å²) in [6.07, 6.45) is 7.05. The molecule has 0 bridgehead atoms. The first-order chi connectivity index (χ1) is 14.4. The number of likely N-dealkylation sites (tertiary alicyclic amines) is 1. The average Bonchev–Trinajstić information content (AvgIpc) is 3.25. The molecule has 1 unspecified atom stereocenters. The Morgan fingerprint density at radius 2 is 1.68 bits per heavy atom. The third kappa shape index (κ3) is 9.26. The van der Waals surface area contributed by atoms with E-state index in [9.17, 15) is 8.42 Å². The number of sulfone groups is 1. The molecule has 6 nitrogen and oxygen atoms in total. The molecule has 8 heteroatoms. The average molecular weight is 565 g/mol. The molecule has 1 aliphatic rings. The third-order valence-electron chi connectivity index (χ3n) is 6.04. The van der Waals surface area contributed by atoms with Crippen LogP contribution in [0.3, 0.4) is 0 Å². The van der Waals surface area contributed by atoms with Gasteiger partial charge in [0.2, 0.25) is 0 Å². The minimum atomic E-state index is -3.14. The summed E-state index contributed by atoms with van der Waals surface area (Å²) in [6.45, 7) is 11.5. The summed E-state index contributed by atoms with van der Waals surface area (Å²) in [5.74, 6) is 1.54. The summed E-state index contributed by atoms with van der Waals surface area (Å²) in [7, 11) is -3.14. The second-order valence-corrected chi connectivity index (χ2v) is 10.2. The summed E-state index contributed by atoms with van der Waals surface area (Å²) in [6, 6.07) is 7.65. The van der Waals surface area contributed by atoms with Crippen molar-refractivity contribution in [2.24, 2.45) is 10.9 Å². The monoisotopic (exact) mass is 564 g/mol. The Labute approximate surface area is 206 Å². The first-order valence-corrected chi connectivity index (χ1v) is 13.3. The number of hydrogen-bond acceptors (Lipinski definition) is 4. The molecule has 1 heterocycles. The molecule has 0 spiro atoms. The number of guanidine groups is 1. The van der Waals surface area contributed by atoms with Crippen LogP contribution in [0.4, 0.5) is 0 Å². The summed E-state index contributed by atoms with van der Waals surface area (Å²) in [4.78, 5) is 7.92. The van der Waals surface area contributed by atoms with Crippen LogP contribution in [0.1, 0.15) is 52.0 Å². The molecule has 0 amide bonds. The van der Waals surface area contributed by atoms with Crippen molar-refractivity contribution < 1.29 is 8.42 Å². The van der Waals surface area contributed by atoms with Gasteiger partial charge in [0.25, 0.3) is 0 Å². The third-order valence-corrected chi connectivity index (χ3v) is 7.17. The number of rotatable bonds is 11. The molecular weight excluding hydrogens is 523 g/mol. The van der Waals surface area contributed by atoms with Crippen LogP contribution < -0.4 is 10.6 Å². The molecule has 0 saturated carbocycles. The van der Waals surface area contributed by atoms with Crippen LogP contribution in [0.2, 0.25) is 0 Å². The van der Waals surface area contributed by atoms with Gasteiger partial charge in [-0.25, -0.2) is 8.42 Å². The van der Waals surface area contributed by atoms with E-state index in [0.717, 1.165) is 37.6 Å². The number of aliphatic imine (C=N–C) groups is 1. The maximum absolute atomic E-state index is 11.6. The quantitative estimate of drug-likeness (QED) is 0.244. The molecule has 2 rings (SSSR count). The van der Waals surface area contributed by atoms with Gasteiger partial charge in [-0.1, -0.05) is 38.8 Å². The topological polar surface area (TPSA) is 73.8 Å². The van der Waals surface area contributed by atoms with Crippen LogP contribution in [0, 0.1) is 5.92 Å². The van der Waals surface area contributed by atoms with Gasteiger partial charge in [-0.2, -0.15) is 0 Å². The Morgan fingerprint density at radius 1 is 1.06 bits per heavy atom. The zero-order valence-corrected chi connectivity index (χ0v) is 22.7. The van der Waals surface area contributed by atoms with Crippen LogP contribution in [0.25, 0.3) is 0 Å². The van der Waals surface area contributed by atoms with Gasteiger partial charge in [-0.15, -0.1) is 24.0 Å². The van der Waals surface area contributed by atoms with Gasteiger partial charge in [0.15, 0.2) is 15.8 Å². The van der Waals surface area contributed by atoms with Crippen molar-refractivity contribution in [1.29, 1.82) is 0 Å². The van der Waals surface area contributed by atoms with Gasteiger partial charge < -0.3 is 10.6 Å².